The summed E-state index contributed by atoms with van der Waals surface area (Å²) in [4.78, 5) is 0. The van der Waals surface area contributed by atoms with E-state index in [1.54, 1.807) is 11.8 Å². The van der Waals surface area contributed by atoms with E-state index in [0.29, 0.717) is 6.04 Å². The van der Waals surface area contributed by atoms with Gasteiger partial charge in [-0.1, -0.05) is 29.8 Å². The van der Waals surface area contributed by atoms with Crippen molar-refractivity contribution in [3.05, 3.63) is 46.6 Å². The van der Waals surface area contributed by atoms with E-state index in [9.17, 15) is 0 Å². The minimum atomic E-state index is 0.291. The summed E-state index contributed by atoms with van der Waals surface area (Å²) in [7, 11) is 3.59. The third kappa shape index (κ3) is 3.02. The lowest BCUT2D eigenvalue weighted by Crippen LogP contribution is -2.18. The second kappa shape index (κ2) is 6.09. The predicted octanol–water partition coefficient (Wildman–Crippen LogP) is 2.90. The first-order valence-corrected chi connectivity index (χ1v) is 6.89. The highest BCUT2D eigenvalue weighted by Crippen LogP contribution is 2.22. The van der Waals surface area contributed by atoms with Gasteiger partial charge in [0.25, 0.3) is 0 Å². The van der Waals surface area contributed by atoms with Crippen molar-refractivity contribution in [1.29, 1.82) is 0 Å². The fraction of sp³-hybridized carbons (Fsp3) is 0.438. The number of benzene rings is 1. The molecule has 0 aliphatic heterocycles. The first kappa shape index (κ1) is 14.6. The summed E-state index contributed by atoms with van der Waals surface area (Å²) in [5, 5.41) is 7.94. The van der Waals surface area contributed by atoms with Crippen molar-refractivity contribution in [2.75, 3.05) is 7.11 Å². The largest absolute Gasteiger partial charge is 0.481 e. The SMILES string of the molecule is COc1c(CN[C@@H](C)c2cccc(C)c2)c(C)nn1C. The van der Waals surface area contributed by atoms with E-state index < -0.39 is 0 Å². The fourth-order valence-electron chi connectivity index (χ4n) is 2.45. The number of hydrogen-bond donors (Lipinski definition) is 1. The number of methoxy groups -OCH3 is 1. The zero-order chi connectivity index (χ0) is 14.7. The molecule has 0 aliphatic carbocycles. The van der Waals surface area contributed by atoms with Gasteiger partial charge < -0.3 is 10.1 Å². The molecule has 0 fully saturated rings. The Labute approximate surface area is 120 Å². The monoisotopic (exact) mass is 273 g/mol. The van der Waals surface area contributed by atoms with E-state index in [1.165, 1.54) is 11.1 Å². The molecule has 0 amide bonds. The van der Waals surface area contributed by atoms with Crippen LogP contribution in [0.5, 0.6) is 5.88 Å². The Balaban J connectivity index is 2.09. The van der Waals surface area contributed by atoms with Gasteiger partial charge in [0.15, 0.2) is 0 Å². The normalized spacial score (nSPS) is 12.4. The van der Waals surface area contributed by atoms with E-state index in [-0.39, 0.29) is 0 Å². The van der Waals surface area contributed by atoms with Crippen molar-refractivity contribution in [2.24, 2.45) is 7.05 Å². The van der Waals surface area contributed by atoms with E-state index in [2.05, 4.69) is 48.5 Å². The molecular formula is C16H23N3O. The Kier molecular flexibility index (Phi) is 4.45. The molecule has 1 aromatic heterocycles. The second-order valence-corrected chi connectivity index (χ2v) is 5.21. The average molecular weight is 273 g/mol. The van der Waals surface area contributed by atoms with Crippen LogP contribution < -0.4 is 10.1 Å². The smallest absolute Gasteiger partial charge is 0.216 e. The molecule has 0 unspecified atom stereocenters. The number of ether oxygens (including phenoxy) is 1. The molecule has 0 saturated carbocycles. The number of hydrogen-bond acceptors (Lipinski definition) is 3. The van der Waals surface area contributed by atoms with Crippen LogP contribution in [0.1, 0.15) is 35.3 Å². The Bertz CT molecular complexity index is 589. The number of aromatic nitrogens is 2. The molecule has 0 aliphatic rings. The zero-order valence-electron chi connectivity index (χ0n) is 12.9. The maximum absolute atomic E-state index is 5.41. The van der Waals surface area contributed by atoms with E-state index in [4.69, 9.17) is 4.74 Å². The minimum Gasteiger partial charge on any atom is -0.481 e. The van der Waals surface area contributed by atoms with Crippen molar-refractivity contribution >= 4 is 0 Å². The first-order valence-electron chi connectivity index (χ1n) is 6.89. The Morgan fingerprint density at radius 2 is 2.10 bits per heavy atom. The van der Waals surface area contributed by atoms with E-state index in [1.807, 2.05) is 14.0 Å². The third-order valence-corrected chi connectivity index (χ3v) is 3.61. The molecule has 20 heavy (non-hydrogen) atoms. The van der Waals surface area contributed by atoms with Gasteiger partial charge in [0.1, 0.15) is 0 Å². The van der Waals surface area contributed by atoms with Gasteiger partial charge in [0.2, 0.25) is 5.88 Å². The molecule has 108 valence electrons. The summed E-state index contributed by atoms with van der Waals surface area (Å²) < 4.78 is 7.20. The molecule has 1 aromatic carbocycles. The Morgan fingerprint density at radius 1 is 1.35 bits per heavy atom. The topological polar surface area (TPSA) is 39.1 Å². The van der Waals surface area contributed by atoms with Gasteiger partial charge in [-0.05, 0) is 26.3 Å². The average Bonchev–Trinajstić information content (AvgIpc) is 2.69. The van der Waals surface area contributed by atoms with Crippen molar-refractivity contribution in [1.82, 2.24) is 15.1 Å². The van der Waals surface area contributed by atoms with Crippen LogP contribution in [0.4, 0.5) is 0 Å². The molecule has 1 heterocycles. The van der Waals surface area contributed by atoms with Gasteiger partial charge in [-0.25, -0.2) is 4.68 Å². The highest BCUT2D eigenvalue weighted by atomic mass is 16.5. The predicted molar refractivity (Wildman–Crippen MR) is 80.9 cm³/mol. The lowest BCUT2D eigenvalue weighted by atomic mass is 10.1. The van der Waals surface area contributed by atoms with Gasteiger partial charge in [0.05, 0.1) is 18.4 Å². The Hall–Kier alpha value is -1.81. The van der Waals surface area contributed by atoms with Gasteiger partial charge in [-0.15, -0.1) is 0 Å². The molecule has 1 atom stereocenters. The van der Waals surface area contributed by atoms with Crippen molar-refractivity contribution in [3.63, 3.8) is 0 Å². The van der Waals surface area contributed by atoms with Crippen molar-refractivity contribution < 1.29 is 4.74 Å². The molecule has 1 N–H and O–H groups in total. The molecule has 2 rings (SSSR count). The second-order valence-electron chi connectivity index (χ2n) is 5.21. The quantitative estimate of drug-likeness (QED) is 0.910. The number of aryl methyl sites for hydroxylation is 3. The summed E-state index contributed by atoms with van der Waals surface area (Å²) in [6.07, 6.45) is 0. The fourth-order valence-corrected chi connectivity index (χ4v) is 2.45. The standard InChI is InChI=1S/C16H23N3O/c1-11-7-6-8-14(9-11)12(2)17-10-15-13(3)18-19(4)16(15)20-5/h6-9,12,17H,10H2,1-5H3/t12-/m0/s1. The summed E-state index contributed by atoms with van der Waals surface area (Å²) in [5.41, 5.74) is 4.71. The maximum atomic E-state index is 5.41. The van der Waals surface area contributed by atoms with Gasteiger partial charge in [-0.3, -0.25) is 0 Å². The number of nitrogens with one attached hydrogen (secondary N) is 1. The van der Waals surface area contributed by atoms with E-state index >= 15 is 0 Å². The van der Waals surface area contributed by atoms with Crippen molar-refractivity contribution in [3.8, 4) is 5.88 Å². The number of nitrogens with zero attached hydrogens (tertiary/aromatic N) is 2. The number of rotatable bonds is 5. The Morgan fingerprint density at radius 3 is 2.75 bits per heavy atom. The van der Waals surface area contributed by atoms with Gasteiger partial charge in [-0.2, -0.15) is 5.10 Å². The molecule has 0 bridgehead atoms. The summed E-state index contributed by atoms with van der Waals surface area (Å²) in [5.74, 6) is 0.825. The molecule has 0 spiro atoms. The van der Waals surface area contributed by atoms with Crippen molar-refractivity contribution in [2.45, 2.75) is 33.4 Å². The lowest BCUT2D eigenvalue weighted by Gasteiger charge is -2.15. The van der Waals surface area contributed by atoms with Crippen LogP contribution in [0, 0.1) is 13.8 Å². The molecule has 2 aromatic rings. The highest BCUT2D eigenvalue weighted by molar-refractivity contribution is 5.31. The minimum absolute atomic E-state index is 0.291. The molecule has 0 radical (unpaired) electrons. The maximum Gasteiger partial charge on any atom is 0.216 e. The van der Waals surface area contributed by atoms with Crippen LogP contribution in [0.2, 0.25) is 0 Å². The molecule has 4 nitrogen and oxygen atoms in total. The summed E-state index contributed by atoms with van der Waals surface area (Å²) in [6.45, 7) is 7.05. The zero-order valence-corrected chi connectivity index (χ0v) is 12.9. The highest BCUT2D eigenvalue weighted by Gasteiger charge is 2.14. The van der Waals surface area contributed by atoms with E-state index in [0.717, 1.165) is 23.7 Å². The summed E-state index contributed by atoms with van der Waals surface area (Å²) >= 11 is 0. The van der Waals surface area contributed by atoms with Crippen LogP contribution in [-0.2, 0) is 13.6 Å². The van der Waals surface area contributed by atoms with Gasteiger partial charge >= 0.3 is 0 Å². The van der Waals surface area contributed by atoms with Crippen LogP contribution in [0.3, 0.4) is 0 Å². The van der Waals surface area contributed by atoms with Crippen LogP contribution >= 0.6 is 0 Å². The van der Waals surface area contributed by atoms with Crippen LogP contribution in [0.15, 0.2) is 24.3 Å². The molecule has 4 heteroatoms. The summed E-state index contributed by atoms with van der Waals surface area (Å²) in [6, 6.07) is 8.87. The molecule has 0 saturated heterocycles. The third-order valence-electron chi connectivity index (χ3n) is 3.61. The van der Waals surface area contributed by atoms with Crippen LogP contribution in [-0.4, -0.2) is 16.9 Å². The lowest BCUT2D eigenvalue weighted by molar-refractivity contribution is 0.367. The van der Waals surface area contributed by atoms with Gasteiger partial charge in [0, 0.05) is 19.6 Å². The first-order chi connectivity index (χ1) is 9.52. The van der Waals surface area contributed by atoms with Crippen LogP contribution in [0.25, 0.3) is 0 Å². The molecular weight excluding hydrogens is 250 g/mol.